The molecule has 2 aromatic carbocycles. The Kier molecular flexibility index (Phi) is 5.04. The third-order valence-electron chi connectivity index (χ3n) is 2.66. The van der Waals surface area contributed by atoms with E-state index in [0.29, 0.717) is 21.5 Å². The van der Waals surface area contributed by atoms with Crippen LogP contribution in [0.15, 0.2) is 42.5 Å². The first kappa shape index (κ1) is 15.6. The zero-order valence-electron chi connectivity index (χ0n) is 11.1. The van der Waals surface area contributed by atoms with Crippen LogP contribution in [0.1, 0.15) is 6.92 Å². The minimum Gasteiger partial charge on any atom is -0.479 e. The van der Waals surface area contributed by atoms with Gasteiger partial charge in [-0.05, 0) is 37.3 Å². The number of halogens is 3. The van der Waals surface area contributed by atoms with Gasteiger partial charge in [0.2, 0.25) is 0 Å². The molecule has 0 bridgehead atoms. The van der Waals surface area contributed by atoms with Gasteiger partial charge in [0, 0.05) is 16.8 Å². The van der Waals surface area contributed by atoms with Crippen LogP contribution < -0.4 is 10.1 Å². The van der Waals surface area contributed by atoms with Crippen molar-refractivity contribution in [1.29, 1.82) is 0 Å². The number of ether oxygens (including phenoxy) is 1. The van der Waals surface area contributed by atoms with E-state index in [4.69, 9.17) is 27.9 Å². The van der Waals surface area contributed by atoms with Gasteiger partial charge in [0.05, 0.1) is 5.02 Å². The van der Waals surface area contributed by atoms with Crippen molar-refractivity contribution in [1.82, 2.24) is 0 Å². The Balaban J connectivity index is 2.04. The summed E-state index contributed by atoms with van der Waals surface area (Å²) >= 11 is 11.8. The Morgan fingerprint density at radius 2 is 2.00 bits per heavy atom. The van der Waals surface area contributed by atoms with Gasteiger partial charge >= 0.3 is 0 Å². The Hall–Kier alpha value is -1.78. The monoisotopic (exact) mass is 327 g/mol. The topological polar surface area (TPSA) is 38.3 Å². The van der Waals surface area contributed by atoms with Crippen LogP contribution in [0.2, 0.25) is 10.0 Å². The van der Waals surface area contributed by atoms with Crippen LogP contribution in [-0.4, -0.2) is 12.0 Å². The van der Waals surface area contributed by atoms with E-state index in [1.807, 2.05) is 0 Å². The highest BCUT2D eigenvalue weighted by Crippen LogP contribution is 2.28. The standard InChI is InChI=1S/C15H12Cl2FNO2/c1-9(21-14-7-10(16)5-6-13(14)17)15(20)19-12-4-2-3-11(18)8-12/h2-9H,1H3,(H,19,20)/t9-/m0/s1. The summed E-state index contributed by atoms with van der Waals surface area (Å²) < 4.78 is 18.5. The molecule has 1 N–H and O–H groups in total. The molecule has 0 aliphatic carbocycles. The highest BCUT2D eigenvalue weighted by atomic mass is 35.5. The van der Waals surface area contributed by atoms with E-state index in [1.165, 1.54) is 24.3 Å². The summed E-state index contributed by atoms with van der Waals surface area (Å²) in [6, 6.07) is 10.3. The average Bonchev–Trinajstić information content (AvgIpc) is 2.43. The number of nitrogens with one attached hydrogen (secondary N) is 1. The molecule has 0 aliphatic heterocycles. The van der Waals surface area contributed by atoms with Crippen molar-refractivity contribution in [2.24, 2.45) is 0 Å². The Bertz CT molecular complexity index is 664. The van der Waals surface area contributed by atoms with E-state index in [1.54, 1.807) is 25.1 Å². The Labute approximate surface area is 131 Å². The largest absolute Gasteiger partial charge is 0.479 e. The van der Waals surface area contributed by atoms with Gasteiger partial charge in [-0.3, -0.25) is 4.79 Å². The first-order chi connectivity index (χ1) is 9.95. The molecule has 3 nitrogen and oxygen atoms in total. The van der Waals surface area contributed by atoms with Crippen molar-refractivity contribution >= 4 is 34.8 Å². The summed E-state index contributed by atoms with van der Waals surface area (Å²) in [5.74, 6) is -0.540. The molecular weight excluding hydrogens is 316 g/mol. The number of benzene rings is 2. The molecule has 2 rings (SSSR count). The van der Waals surface area contributed by atoms with E-state index < -0.39 is 17.8 Å². The highest BCUT2D eigenvalue weighted by Gasteiger charge is 2.16. The third-order valence-corrected chi connectivity index (χ3v) is 3.21. The summed E-state index contributed by atoms with van der Waals surface area (Å²) in [7, 11) is 0. The maximum atomic E-state index is 13.0. The molecule has 0 radical (unpaired) electrons. The maximum absolute atomic E-state index is 13.0. The number of carbonyl (C=O) groups is 1. The molecule has 0 saturated carbocycles. The van der Waals surface area contributed by atoms with Crippen LogP contribution in [0.5, 0.6) is 5.75 Å². The second-order valence-electron chi connectivity index (χ2n) is 4.33. The second kappa shape index (κ2) is 6.78. The summed E-state index contributed by atoms with van der Waals surface area (Å²) in [5.41, 5.74) is 0.354. The summed E-state index contributed by atoms with van der Waals surface area (Å²) in [6.07, 6.45) is -0.816. The van der Waals surface area contributed by atoms with Crippen LogP contribution in [-0.2, 0) is 4.79 Å². The molecule has 1 atom stereocenters. The fourth-order valence-corrected chi connectivity index (χ4v) is 1.95. The van der Waals surface area contributed by atoms with Crippen LogP contribution in [0.25, 0.3) is 0 Å². The summed E-state index contributed by atoms with van der Waals surface area (Å²) in [6.45, 7) is 1.56. The van der Waals surface area contributed by atoms with Crippen molar-refractivity contribution < 1.29 is 13.9 Å². The molecular formula is C15H12Cl2FNO2. The first-order valence-corrected chi connectivity index (χ1v) is 6.89. The lowest BCUT2D eigenvalue weighted by Crippen LogP contribution is -2.30. The zero-order valence-corrected chi connectivity index (χ0v) is 12.6. The van der Waals surface area contributed by atoms with E-state index in [0.717, 1.165) is 0 Å². The molecule has 110 valence electrons. The third kappa shape index (κ3) is 4.34. The van der Waals surface area contributed by atoms with Gasteiger partial charge in [0.25, 0.3) is 5.91 Å². The lowest BCUT2D eigenvalue weighted by atomic mass is 10.3. The van der Waals surface area contributed by atoms with Gasteiger partial charge in [0.15, 0.2) is 6.10 Å². The van der Waals surface area contributed by atoms with Crippen molar-refractivity contribution in [2.45, 2.75) is 13.0 Å². The molecule has 0 spiro atoms. The van der Waals surface area contributed by atoms with E-state index >= 15 is 0 Å². The molecule has 0 saturated heterocycles. The minimum absolute atomic E-state index is 0.311. The SMILES string of the molecule is C[C@H](Oc1cc(Cl)ccc1Cl)C(=O)Nc1cccc(F)c1. The molecule has 21 heavy (non-hydrogen) atoms. The predicted octanol–water partition coefficient (Wildman–Crippen LogP) is 4.54. The van der Waals surface area contributed by atoms with E-state index in [2.05, 4.69) is 5.32 Å². The second-order valence-corrected chi connectivity index (χ2v) is 5.18. The van der Waals surface area contributed by atoms with Gasteiger partial charge in [0.1, 0.15) is 11.6 Å². The van der Waals surface area contributed by atoms with Crippen LogP contribution in [0, 0.1) is 5.82 Å². The number of carbonyl (C=O) groups excluding carboxylic acids is 1. The quantitative estimate of drug-likeness (QED) is 0.895. The molecule has 6 heteroatoms. The summed E-state index contributed by atoms with van der Waals surface area (Å²) in [5, 5.41) is 3.36. The maximum Gasteiger partial charge on any atom is 0.265 e. The molecule has 2 aromatic rings. The molecule has 0 unspecified atom stereocenters. The number of amides is 1. The fraction of sp³-hybridized carbons (Fsp3) is 0.133. The van der Waals surface area contributed by atoms with Gasteiger partial charge in [-0.15, -0.1) is 0 Å². The van der Waals surface area contributed by atoms with Crippen molar-refractivity contribution in [2.75, 3.05) is 5.32 Å². The van der Waals surface area contributed by atoms with Crippen molar-refractivity contribution in [3.8, 4) is 5.75 Å². The average molecular weight is 328 g/mol. The Morgan fingerprint density at radius 1 is 1.24 bits per heavy atom. The lowest BCUT2D eigenvalue weighted by Gasteiger charge is -2.16. The van der Waals surface area contributed by atoms with Gasteiger partial charge in [-0.2, -0.15) is 0 Å². The first-order valence-electron chi connectivity index (χ1n) is 6.14. The van der Waals surface area contributed by atoms with Crippen molar-refractivity contribution in [3.05, 3.63) is 58.3 Å². The highest BCUT2D eigenvalue weighted by molar-refractivity contribution is 6.34. The van der Waals surface area contributed by atoms with Gasteiger partial charge in [-0.1, -0.05) is 29.3 Å². The lowest BCUT2D eigenvalue weighted by molar-refractivity contribution is -0.122. The van der Waals surface area contributed by atoms with Crippen LogP contribution >= 0.6 is 23.2 Å². The van der Waals surface area contributed by atoms with Crippen molar-refractivity contribution in [3.63, 3.8) is 0 Å². The van der Waals surface area contributed by atoms with Crippen LogP contribution in [0.4, 0.5) is 10.1 Å². The number of rotatable bonds is 4. The zero-order chi connectivity index (χ0) is 15.4. The molecule has 0 aliphatic rings. The smallest absolute Gasteiger partial charge is 0.265 e. The number of hydrogen-bond donors (Lipinski definition) is 1. The van der Waals surface area contributed by atoms with Crippen LogP contribution in [0.3, 0.4) is 0 Å². The molecule has 0 heterocycles. The predicted molar refractivity (Wildman–Crippen MR) is 81.6 cm³/mol. The Morgan fingerprint density at radius 3 is 2.71 bits per heavy atom. The van der Waals surface area contributed by atoms with Gasteiger partial charge < -0.3 is 10.1 Å². The molecule has 0 fully saturated rings. The van der Waals surface area contributed by atoms with E-state index in [9.17, 15) is 9.18 Å². The molecule has 0 aromatic heterocycles. The number of anilines is 1. The minimum atomic E-state index is -0.816. The van der Waals surface area contributed by atoms with E-state index in [-0.39, 0.29) is 0 Å². The molecule has 1 amide bonds. The number of hydrogen-bond acceptors (Lipinski definition) is 2. The fourth-order valence-electron chi connectivity index (χ4n) is 1.62. The van der Waals surface area contributed by atoms with Gasteiger partial charge in [-0.25, -0.2) is 4.39 Å². The summed E-state index contributed by atoms with van der Waals surface area (Å²) in [4.78, 5) is 12.0. The normalized spacial score (nSPS) is 11.8.